The molecule has 0 radical (unpaired) electrons. The van der Waals surface area contributed by atoms with Gasteiger partial charge in [-0.2, -0.15) is 8.75 Å². The lowest BCUT2D eigenvalue weighted by Gasteiger charge is -2.16. The number of hydrogen-bond acceptors (Lipinski definition) is 8. The van der Waals surface area contributed by atoms with Crippen LogP contribution in [0.2, 0.25) is 0 Å². The molecule has 0 saturated heterocycles. The van der Waals surface area contributed by atoms with Gasteiger partial charge in [-0.05, 0) is 135 Å². The van der Waals surface area contributed by atoms with Crippen LogP contribution in [-0.2, 0) is 19.3 Å². The average Bonchev–Trinajstić information content (AvgIpc) is 4.06. The summed E-state index contributed by atoms with van der Waals surface area (Å²) in [5.74, 6) is -0.345. The fraction of sp³-hybridized carbons (Fsp3) is 0.510. The van der Waals surface area contributed by atoms with Crippen LogP contribution in [0, 0.1) is 44.2 Å². The van der Waals surface area contributed by atoms with Gasteiger partial charge < -0.3 is 5.11 Å². The zero-order chi connectivity index (χ0) is 41.8. The van der Waals surface area contributed by atoms with E-state index in [1.807, 2.05) is 34.8 Å². The minimum absolute atomic E-state index is 0.215. The lowest BCUT2D eigenvalue weighted by atomic mass is 9.90. The molecule has 1 N–H and O–H groups in total. The Balaban J connectivity index is 1.29. The predicted octanol–water partition coefficient (Wildman–Crippen LogP) is 17.1. The first-order valence-corrected chi connectivity index (χ1v) is 26.0. The topological polar surface area (TPSA) is 46.0 Å². The molecule has 3 nitrogen and oxygen atoms in total. The molecule has 5 aromatic heterocycles. The number of nitrogens with zero attached hydrogens (tertiary/aromatic N) is 2. The van der Waals surface area contributed by atoms with Gasteiger partial charge in [0.15, 0.2) is 11.6 Å². The number of benzene rings is 2. The Labute approximate surface area is 370 Å². The van der Waals surface area contributed by atoms with E-state index in [2.05, 4.69) is 69.3 Å². The third-order valence-corrected chi connectivity index (χ3v) is 17.6. The fourth-order valence-electron chi connectivity index (χ4n) is 8.75. The lowest BCUT2D eigenvalue weighted by Crippen LogP contribution is -2.01. The molecule has 10 heteroatoms. The second-order valence-electron chi connectivity index (χ2n) is 17.0. The van der Waals surface area contributed by atoms with Gasteiger partial charge >= 0.3 is 0 Å². The van der Waals surface area contributed by atoms with Crippen LogP contribution in [0.4, 0.5) is 8.78 Å². The lowest BCUT2D eigenvalue weighted by molar-refractivity contribution is 0.282. The van der Waals surface area contributed by atoms with Gasteiger partial charge in [0.2, 0.25) is 0 Å². The van der Waals surface area contributed by atoms with Gasteiger partial charge in [-0.1, -0.05) is 79.1 Å². The molecule has 7 aromatic rings. The van der Waals surface area contributed by atoms with Crippen LogP contribution in [0.1, 0.15) is 137 Å². The number of aromatic nitrogens is 2. The van der Waals surface area contributed by atoms with E-state index in [0.717, 1.165) is 77.6 Å². The van der Waals surface area contributed by atoms with Crippen LogP contribution in [0.15, 0.2) is 24.3 Å². The molecule has 0 aliphatic carbocycles. The summed E-state index contributed by atoms with van der Waals surface area (Å²) in [5.41, 5.74) is 6.50. The fourth-order valence-corrected chi connectivity index (χ4v) is 14.2. The second kappa shape index (κ2) is 20.1. The molecule has 0 spiro atoms. The highest BCUT2D eigenvalue weighted by Crippen LogP contribution is 2.50. The largest absolute Gasteiger partial charge is 0.396 e. The molecule has 5 heterocycles. The number of halogens is 2. The summed E-state index contributed by atoms with van der Waals surface area (Å²) in [6.07, 6.45) is 16.8. The minimum Gasteiger partial charge on any atom is -0.396 e. The first-order chi connectivity index (χ1) is 28.5. The van der Waals surface area contributed by atoms with Crippen LogP contribution >= 0.6 is 57.1 Å². The number of fused-ring (bicyclic) bond motifs is 3. The first-order valence-electron chi connectivity index (χ1n) is 22.0. The van der Waals surface area contributed by atoms with Crippen molar-refractivity contribution in [1.29, 1.82) is 0 Å². The van der Waals surface area contributed by atoms with E-state index < -0.39 is 11.6 Å². The van der Waals surface area contributed by atoms with Gasteiger partial charge in [0, 0.05) is 45.3 Å². The highest BCUT2D eigenvalue weighted by atomic mass is 32.1. The molecule has 0 bridgehead atoms. The molecule has 7 rings (SSSR count). The molecule has 2 atom stereocenters. The number of rotatable bonds is 21. The standard InChI is InChI=1S/C49H60F2N2OS5/c1-8-10-16-28(3)19-21-34-36-25-31(6)55-48(36)35(22-20-29(4)17-11-9-2)37-27-40(58-49(34)37)47-30(5)24-38(57-47)41-43(50)44(51)42(46-45(41)52-59-53-46)39-26-33(32(7)56-39)18-14-12-13-15-23-54/h24-29,54H,8-23H2,1-7H3. The number of thiophene rings is 4. The summed E-state index contributed by atoms with van der Waals surface area (Å²) >= 11 is 7.92. The molecule has 0 aliphatic heterocycles. The Morgan fingerprint density at radius 2 is 1.19 bits per heavy atom. The quantitative estimate of drug-likeness (QED) is 0.0731. The van der Waals surface area contributed by atoms with Crippen LogP contribution in [0.3, 0.4) is 0 Å². The molecule has 316 valence electrons. The van der Waals surface area contributed by atoms with E-state index in [1.165, 1.54) is 104 Å². The summed E-state index contributed by atoms with van der Waals surface area (Å²) in [7, 11) is 0. The smallest absolute Gasteiger partial charge is 0.170 e. The van der Waals surface area contributed by atoms with Crippen LogP contribution in [0.5, 0.6) is 0 Å². The number of aliphatic hydroxyl groups is 1. The molecule has 0 aliphatic rings. The SMILES string of the molecule is CCCCC(C)CCc1c2cc(-c3sc(-c4c(F)c(F)c(-c5cc(CCCCCCO)c(C)s5)c5nsnc45)cc3C)sc2c(CCC(C)CCCC)c2cc(C)sc12. The molecule has 0 fully saturated rings. The monoisotopic (exact) mass is 890 g/mol. The van der Waals surface area contributed by atoms with Crippen molar-refractivity contribution in [3.63, 3.8) is 0 Å². The van der Waals surface area contributed by atoms with Crippen LogP contribution < -0.4 is 0 Å². The van der Waals surface area contributed by atoms with Gasteiger partial charge in [0.25, 0.3) is 0 Å². The maximum absolute atomic E-state index is 16.7. The Morgan fingerprint density at radius 3 is 1.80 bits per heavy atom. The van der Waals surface area contributed by atoms with E-state index in [4.69, 9.17) is 5.11 Å². The van der Waals surface area contributed by atoms with Crippen molar-refractivity contribution in [3.05, 3.63) is 67.9 Å². The predicted molar refractivity (Wildman–Crippen MR) is 258 cm³/mol. The minimum atomic E-state index is -0.851. The van der Waals surface area contributed by atoms with E-state index in [0.29, 0.717) is 32.6 Å². The maximum atomic E-state index is 16.7. The molecule has 0 saturated carbocycles. The van der Waals surface area contributed by atoms with Crippen LogP contribution in [-0.4, -0.2) is 20.5 Å². The number of aliphatic hydroxyl groups excluding tert-OH is 1. The van der Waals surface area contributed by atoms with Crippen molar-refractivity contribution < 1.29 is 13.9 Å². The summed E-state index contributed by atoms with van der Waals surface area (Å²) in [5, 5.41) is 12.0. The van der Waals surface area contributed by atoms with E-state index in [9.17, 15) is 0 Å². The third kappa shape index (κ3) is 9.58. The highest BCUT2D eigenvalue weighted by Gasteiger charge is 2.29. The van der Waals surface area contributed by atoms with Crippen molar-refractivity contribution in [2.45, 2.75) is 145 Å². The van der Waals surface area contributed by atoms with Gasteiger partial charge in [-0.3, -0.25) is 0 Å². The molecule has 0 amide bonds. The Morgan fingerprint density at radius 1 is 0.610 bits per heavy atom. The number of hydrogen-bond donors (Lipinski definition) is 1. The van der Waals surface area contributed by atoms with Gasteiger partial charge in [0.05, 0.1) is 22.9 Å². The van der Waals surface area contributed by atoms with Crippen molar-refractivity contribution in [2.75, 3.05) is 6.61 Å². The Kier molecular flexibility index (Phi) is 15.1. The number of unbranched alkanes of at least 4 members (excludes halogenated alkanes) is 5. The molecular weight excluding hydrogens is 831 g/mol. The summed E-state index contributed by atoms with van der Waals surface area (Å²) < 4.78 is 45.2. The van der Waals surface area contributed by atoms with E-state index in [-0.39, 0.29) is 17.7 Å². The van der Waals surface area contributed by atoms with Gasteiger partial charge in [0.1, 0.15) is 11.0 Å². The normalized spacial score (nSPS) is 13.2. The summed E-state index contributed by atoms with van der Waals surface area (Å²) in [6, 6.07) is 8.91. The zero-order valence-corrected chi connectivity index (χ0v) is 40.0. The Bertz CT molecular complexity index is 2440. The highest BCUT2D eigenvalue weighted by molar-refractivity contribution is 7.27. The van der Waals surface area contributed by atoms with Gasteiger partial charge in [-0.15, -0.1) is 45.3 Å². The molecule has 2 aromatic carbocycles. The van der Waals surface area contributed by atoms with Crippen molar-refractivity contribution >= 4 is 88.3 Å². The maximum Gasteiger partial charge on any atom is 0.170 e. The summed E-state index contributed by atoms with van der Waals surface area (Å²) in [6.45, 7) is 16.0. The molecular formula is C49H60F2N2OS5. The zero-order valence-electron chi connectivity index (χ0n) is 35.9. The van der Waals surface area contributed by atoms with Gasteiger partial charge in [-0.25, -0.2) is 8.78 Å². The number of aryl methyl sites for hydroxylation is 6. The van der Waals surface area contributed by atoms with Crippen LogP contribution in [0.25, 0.3) is 61.8 Å². The van der Waals surface area contributed by atoms with Crippen molar-refractivity contribution in [1.82, 2.24) is 8.75 Å². The van der Waals surface area contributed by atoms with Crippen molar-refractivity contribution in [2.24, 2.45) is 11.8 Å². The molecule has 59 heavy (non-hydrogen) atoms. The molecule has 2 unspecified atom stereocenters. The third-order valence-electron chi connectivity index (χ3n) is 12.3. The van der Waals surface area contributed by atoms with E-state index in [1.54, 1.807) is 11.3 Å². The summed E-state index contributed by atoms with van der Waals surface area (Å²) in [4.78, 5) is 6.19. The Hall–Kier alpha value is -2.60. The second-order valence-corrected chi connectivity index (χ2v) is 22.2. The average molecular weight is 891 g/mol. The first kappa shape index (κ1) is 44.5. The van der Waals surface area contributed by atoms with E-state index >= 15 is 8.78 Å². The van der Waals surface area contributed by atoms with Crippen molar-refractivity contribution in [3.8, 4) is 30.6 Å².